The molecule has 0 atom stereocenters. The van der Waals surface area contributed by atoms with E-state index in [9.17, 15) is 4.79 Å². The van der Waals surface area contributed by atoms with Gasteiger partial charge in [-0.05, 0) is 30.4 Å². The fourth-order valence-electron chi connectivity index (χ4n) is 1.42. The first kappa shape index (κ1) is 13.3. The number of nitrogens with two attached hydrogens (primary N) is 1. The molecule has 6 nitrogen and oxygen atoms in total. The minimum atomic E-state index is -0.466. The van der Waals surface area contributed by atoms with Crippen molar-refractivity contribution in [2.75, 3.05) is 5.43 Å². The second-order valence-electron chi connectivity index (χ2n) is 3.65. The fraction of sp³-hybridized carbons (Fsp3) is 0. The van der Waals surface area contributed by atoms with Crippen LogP contribution in [0.5, 0.6) is 0 Å². The van der Waals surface area contributed by atoms with Crippen LogP contribution in [-0.2, 0) is 4.79 Å². The number of thiocarbonyl (C=S) groups is 1. The lowest BCUT2D eigenvalue weighted by molar-refractivity contribution is -0.120. The molecule has 1 aliphatic heterocycles. The highest BCUT2D eigenvalue weighted by molar-refractivity contribution is 7.80. The van der Waals surface area contributed by atoms with E-state index in [1.165, 1.54) is 0 Å². The molecule has 4 N–H and O–H groups in total. The Morgan fingerprint density at radius 3 is 2.89 bits per heavy atom. The van der Waals surface area contributed by atoms with Gasteiger partial charge in [-0.25, -0.2) is 0 Å². The van der Waals surface area contributed by atoms with Crippen LogP contribution in [0.2, 0.25) is 5.02 Å². The zero-order valence-corrected chi connectivity index (χ0v) is 11.3. The lowest BCUT2D eigenvalue weighted by atomic mass is 10.3. The van der Waals surface area contributed by atoms with Gasteiger partial charge in [-0.15, -0.1) is 0 Å². The summed E-state index contributed by atoms with van der Waals surface area (Å²) in [7, 11) is 0. The van der Waals surface area contributed by atoms with Crippen LogP contribution in [0.25, 0.3) is 0 Å². The second kappa shape index (κ2) is 5.25. The number of hydrogen-bond donors (Lipinski definition) is 3. The number of nitrogens with zero attached hydrogens (tertiary/aromatic N) is 2. The van der Waals surface area contributed by atoms with Crippen molar-refractivity contribution in [3.05, 3.63) is 41.6 Å². The zero-order valence-electron chi connectivity index (χ0n) is 9.68. The van der Waals surface area contributed by atoms with Gasteiger partial charge in [0.1, 0.15) is 0 Å². The highest BCUT2D eigenvalue weighted by Crippen LogP contribution is 2.15. The molecule has 2 rings (SSSR count). The van der Waals surface area contributed by atoms with Gasteiger partial charge in [-0.1, -0.05) is 24.2 Å². The van der Waals surface area contributed by atoms with Gasteiger partial charge >= 0.3 is 5.91 Å². The molecule has 1 aromatic rings. The minimum Gasteiger partial charge on any atom is -0.374 e. The molecule has 0 radical (unpaired) electrons. The van der Waals surface area contributed by atoms with Crippen molar-refractivity contribution in [1.29, 1.82) is 0 Å². The number of halogens is 1. The Hall–Kier alpha value is -2.12. The summed E-state index contributed by atoms with van der Waals surface area (Å²) >= 11 is 10.6. The highest BCUT2D eigenvalue weighted by Gasteiger charge is 2.32. The molecule has 0 aliphatic carbocycles. The Labute approximate surface area is 119 Å². The Morgan fingerprint density at radius 2 is 2.32 bits per heavy atom. The van der Waals surface area contributed by atoms with E-state index in [2.05, 4.69) is 22.5 Å². The van der Waals surface area contributed by atoms with Crippen LogP contribution in [-0.4, -0.2) is 21.7 Å². The van der Waals surface area contributed by atoms with Crippen molar-refractivity contribution in [3.8, 4) is 0 Å². The first-order valence-electron chi connectivity index (χ1n) is 5.18. The predicted octanol–water partition coefficient (Wildman–Crippen LogP) is 1.21. The Morgan fingerprint density at radius 1 is 1.58 bits per heavy atom. The van der Waals surface area contributed by atoms with Crippen LogP contribution in [0.4, 0.5) is 5.69 Å². The Bertz CT molecular complexity index is 601. The molecule has 0 unspecified atom stereocenters. The number of rotatable bonds is 2. The average Bonchev–Trinajstić information content (AvgIpc) is 2.63. The number of hydrogen-bond acceptors (Lipinski definition) is 5. The van der Waals surface area contributed by atoms with Crippen LogP contribution < -0.4 is 16.6 Å². The van der Waals surface area contributed by atoms with E-state index in [1.54, 1.807) is 24.3 Å². The number of benzene rings is 1. The molecule has 19 heavy (non-hydrogen) atoms. The van der Waals surface area contributed by atoms with Crippen LogP contribution in [0, 0.1) is 0 Å². The van der Waals surface area contributed by atoms with E-state index in [1.807, 2.05) is 0 Å². The van der Waals surface area contributed by atoms with Crippen molar-refractivity contribution >= 4 is 46.2 Å². The molecule has 0 bridgehead atoms. The first-order valence-corrected chi connectivity index (χ1v) is 5.97. The van der Waals surface area contributed by atoms with Gasteiger partial charge in [0.2, 0.25) is 0 Å². The van der Waals surface area contributed by atoms with E-state index < -0.39 is 5.91 Å². The van der Waals surface area contributed by atoms with Crippen molar-refractivity contribution in [2.45, 2.75) is 0 Å². The molecule has 1 heterocycles. The summed E-state index contributed by atoms with van der Waals surface area (Å²) in [5, 5.41) is 5.43. The van der Waals surface area contributed by atoms with Crippen molar-refractivity contribution < 1.29 is 4.79 Å². The fourth-order valence-corrected chi connectivity index (χ4v) is 1.74. The van der Waals surface area contributed by atoms with Gasteiger partial charge in [-0.3, -0.25) is 15.6 Å². The molecule has 0 spiro atoms. The SMILES string of the molecule is C=C1NN(C(N)=S)C(=O)C1=NNc1cccc(Cl)c1. The smallest absolute Gasteiger partial charge is 0.301 e. The normalized spacial score (nSPS) is 16.7. The van der Waals surface area contributed by atoms with Gasteiger partial charge in [-0.2, -0.15) is 10.1 Å². The number of amides is 1. The molecular weight excluding hydrogens is 286 g/mol. The standard InChI is InChI=1S/C11H10ClN5OS/c1-6-9(10(18)17(16-6)11(13)19)15-14-8-4-2-3-7(12)5-8/h2-5,14,16H,1H2,(H2,13,19). The van der Waals surface area contributed by atoms with Crippen molar-refractivity contribution in [1.82, 2.24) is 10.4 Å². The molecule has 1 saturated heterocycles. The van der Waals surface area contributed by atoms with E-state index in [-0.39, 0.29) is 10.8 Å². The summed E-state index contributed by atoms with van der Waals surface area (Å²) in [5.41, 5.74) is 11.8. The Balaban J connectivity index is 2.18. The predicted molar refractivity (Wildman–Crippen MR) is 78.4 cm³/mol. The third-order valence-electron chi connectivity index (χ3n) is 2.28. The topological polar surface area (TPSA) is 82.8 Å². The molecule has 98 valence electrons. The van der Waals surface area contributed by atoms with Gasteiger partial charge < -0.3 is 5.73 Å². The second-order valence-corrected chi connectivity index (χ2v) is 4.51. The monoisotopic (exact) mass is 295 g/mol. The zero-order chi connectivity index (χ0) is 14.0. The highest BCUT2D eigenvalue weighted by atomic mass is 35.5. The maximum atomic E-state index is 11.9. The summed E-state index contributed by atoms with van der Waals surface area (Å²) < 4.78 is 0. The van der Waals surface area contributed by atoms with Crippen LogP contribution in [0.15, 0.2) is 41.6 Å². The quantitative estimate of drug-likeness (QED) is 0.564. The molecule has 1 aliphatic rings. The third-order valence-corrected chi connectivity index (χ3v) is 2.70. The summed E-state index contributed by atoms with van der Waals surface area (Å²) in [5.74, 6) is -0.466. The van der Waals surface area contributed by atoms with Gasteiger partial charge in [0.25, 0.3) is 0 Å². The van der Waals surface area contributed by atoms with Gasteiger partial charge in [0.15, 0.2) is 10.8 Å². The van der Waals surface area contributed by atoms with E-state index >= 15 is 0 Å². The molecule has 0 saturated carbocycles. The first-order chi connectivity index (χ1) is 8.99. The summed E-state index contributed by atoms with van der Waals surface area (Å²) in [6, 6.07) is 6.93. The Kier molecular flexibility index (Phi) is 3.68. The molecule has 1 fully saturated rings. The minimum absolute atomic E-state index is 0.0981. The molecule has 0 aromatic heterocycles. The maximum Gasteiger partial charge on any atom is 0.301 e. The number of anilines is 1. The average molecular weight is 296 g/mol. The number of carbonyl (C=O) groups excluding carboxylic acids is 1. The van der Waals surface area contributed by atoms with Gasteiger partial charge in [0, 0.05) is 5.02 Å². The van der Waals surface area contributed by atoms with Crippen LogP contribution in [0.1, 0.15) is 0 Å². The third kappa shape index (κ3) is 2.83. The molecule has 1 aromatic carbocycles. The number of nitrogens with one attached hydrogen (secondary N) is 2. The van der Waals surface area contributed by atoms with Crippen molar-refractivity contribution in [3.63, 3.8) is 0 Å². The van der Waals surface area contributed by atoms with Crippen molar-refractivity contribution in [2.24, 2.45) is 10.8 Å². The van der Waals surface area contributed by atoms with Gasteiger partial charge in [0.05, 0.1) is 11.4 Å². The molecule has 8 heteroatoms. The largest absolute Gasteiger partial charge is 0.374 e. The maximum absolute atomic E-state index is 11.9. The molecule has 1 amide bonds. The van der Waals surface area contributed by atoms with E-state index in [0.717, 1.165) is 5.01 Å². The number of hydrazone groups is 1. The summed E-state index contributed by atoms with van der Waals surface area (Å²) in [6.45, 7) is 3.66. The molecular formula is C11H10ClN5OS. The number of carbonyl (C=O) groups is 1. The summed E-state index contributed by atoms with van der Waals surface area (Å²) in [4.78, 5) is 11.9. The number of hydrazine groups is 1. The van der Waals surface area contributed by atoms with E-state index in [0.29, 0.717) is 16.4 Å². The lowest BCUT2D eigenvalue weighted by Crippen LogP contribution is -2.43. The lowest BCUT2D eigenvalue weighted by Gasteiger charge is -2.11. The summed E-state index contributed by atoms with van der Waals surface area (Å²) in [6.07, 6.45) is 0. The van der Waals surface area contributed by atoms with Crippen LogP contribution >= 0.6 is 23.8 Å². The van der Waals surface area contributed by atoms with Crippen LogP contribution in [0.3, 0.4) is 0 Å². The van der Waals surface area contributed by atoms with E-state index in [4.69, 9.17) is 29.6 Å².